The minimum atomic E-state index is 0.108. The Morgan fingerprint density at radius 1 is 1.33 bits per heavy atom. The second-order valence-electron chi connectivity index (χ2n) is 4.77. The molecular weight excluding hydrogens is 390 g/mol. The van der Waals surface area contributed by atoms with E-state index in [1.165, 1.54) is 18.0 Å². The van der Waals surface area contributed by atoms with Crippen LogP contribution in [0.1, 0.15) is 11.3 Å². The third-order valence-corrected chi connectivity index (χ3v) is 4.52. The summed E-state index contributed by atoms with van der Waals surface area (Å²) < 4.78 is 6.18. The van der Waals surface area contributed by atoms with Crippen LogP contribution in [0, 0.1) is 11.3 Å². The molecule has 0 unspecified atom stereocenters. The lowest BCUT2D eigenvalue weighted by molar-refractivity contribution is 0.578. The normalized spacial score (nSPS) is 10.5. The second-order valence-corrected chi connectivity index (χ2v) is 6.77. The number of hydrogen-bond acceptors (Lipinski definition) is 7. The van der Waals surface area contributed by atoms with E-state index in [4.69, 9.17) is 10.2 Å². The number of hydrogen-bond donors (Lipinski definition) is 1. The molecular formula is C16H12BrN5OS. The van der Waals surface area contributed by atoms with Crippen LogP contribution in [0.15, 0.2) is 50.6 Å². The third-order valence-electron chi connectivity index (χ3n) is 3.13. The largest absolute Gasteiger partial charge is 0.461 e. The number of nitrogen functional groups attached to an aromatic ring is 1. The van der Waals surface area contributed by atoms with Crippen LogP contribution in [0.3, 0.4) is 0 Å². The standard InChI is InChI=1S/C16H12BrN5OS/c17-10-7-13(23-9-10)14-12(8-18)15(22-16(19)21-14)24-6-4-11-3-1-2-5-20-11/h1-3,5,7,9H,4,6H2,(H2,19,21,22). The van der Waals surface area contributed by atoms with Gasteiger partial charge in [-0.1, -0.05) is 6.07 Å². The van der Waals surface area contributed by atoms with Crippen molar-refractivity contribution in [1.82, 2.24) is 15.0 Å². The van der Waals surface area contributed by atoms with Crippen molar-refractivity contribution in [3.63, 3.8) is 0 Å². The van der Waals surface area contributed by atoms with Crippen LogP contribution in [-0.4, -0.2) is 20.7 Å². The number of aryl methyl sites for hydroxylation is 1. The van der Waals surface area contributed by atoms with Gasteiger partial charge in [-0.2, -0.15) is 5.26 Å². The van der Waals surface area contributed by atoms with E-state index in [0.717, 1.165) is 22.3 Å². The molecule has 0 saturated carbocycles. The summed E-state index contributed by atoms with van der Waals surface area (Å²) in [7, 11) is 0. The molecule has 8 heteroatoms. The zero-order valence-electron chi connectivity index (χ0n) is 12.4. The van der Waals surface area contributed by atoms with Crippen LogP contribution in [-0.2, 0) is 6.42 Å². The van der Waals surface area contributed by atoms with E-state index in [0.29, 0.717) is 22.0 Å². The van der Waals surface area contributed by atoms with E-state index >= 15 is 0 Å². The fraction of sp³-hybridized carbons (Fsp3) is 0.125. The van der Waals surface area contributed by atoms with E-state index in [9.17, 15) is 5.26 Å². The zero-order valence-corrected chi connectivity index (χ0v) is 14.8. The molecule has 0 saturated heterocycles. The number of pyridine rings is 1. The van der Waals surface area contributed by atoms with Crippen molar-refractivity contribution < 1.29 is 4.42 Å². The van der Waals surface area contributed by atoms with Gasteiger partial charge in [0.15, 0.2) is 5.76 Å². The molecule has 3 heterocycles. The average molecular weight is 402 g/mol. The summed E-state index contributed by atoms with van der Waals surface area (Å²) in [5.41, 5.74) is 7.54. The first-order chi connectivity index (χ1) is 11.7. The van der Waals surface area contributed by atoms with Crippen molar-refractivity contribution in [2.45, 2.75) is 11.4 Å². The predicted molar refractivity (Wildman–Crippen MR) is 95.2 cm³/mol. The summed E-state index contributed by atoms with van der Waals surface area (Å²) in [6.45, 7) is 0. The molecule has 120 valence electrons. The average Bonchev–Trinajstić information content (AvgIpc) is 3.02. The van der Waals surface area contributed by atoms with Crippen molar-refractivity contribution in [2.24, 2.45) is 0 Å². The highest BCUT2D eigenvalue weighted by atomic mass is 79.9. The predicted octanol–water partition coefficient (Wildman–Crippen LogP) is 3.68. The van der Waals surface area contributed by atoms with E-state index in [-0.39, 0.29) is 5.95 Å². The molecule has 0 bridgehead atoms. The lowest BCUT2D eigenvalue weighted by Crippen LogP contribution is -2.03. The Balaban J connectivity index is 1.85. The van der Waals surface area contributed by atoms with Gasteiger partial charge in [0.2, 0.25) is 5.95 Å². The minimum absolute atomic E-state index is 0.108. The number of thioether (sulfide) groups is 1. The van der Waals surface area contributed by atoms with E-state index in [1.807, 2.05) is 18.2 Å². The maximum atomic E-state index is 9.52. The van der Waals surface area contributed by atoms with E-state index in [2.05, 4.69) is 37.0 Å². The molecule has 6 nitrogen and oxygen atoms in total. The number of anilines is 1. The van der Waals surface area contributed by atoms with Gasteiger partial charge in [-0.3, -0.25) is 4.98 Å². The molecule has 0 amide bonds. The molecule has 0 radical (unpaired) electrons. The summed E-state index contributed by atoms with van der Waals surface area (Å²) in [4.78, 5) is 12.6. The molecule has 0 atom stereocenters. The second kappa shape index (κ2) is 7.47. The number of furan rings is 1. The van der Waals surface area contributed by atoms with Gasteiger partial charge in [0.05, 0.1) is 4.47 Å². The summed E-state index contributed by atoms with van der Waals surface area (Å²) in [5, 5.41) is 10.1. The Kier molecular flexibility index (Phi) is 5.13. The molecule has 0 aliphatic rings. The van der Waals surface area contributed by atoms with Crippen LogP contribution in [0.2, 0.25) is 0 Å². The summed E-state index contributed by atoms with van der Waals surface area (Å²) in [5.74, 6) is 1.31. The summed E-state index contributed by atoms with van der Waals surface area (Å²) in [6, 6.07) is 9.69. The van der Waals surface area contributed by atoms with Crippen LogP contribution in [0.25, 0.3) is 11.5 Å². The van der Waals surface area contributed by atoms with Crippen molar-refractivity contribution in [1.29, 1.82) is 5.26 Å². The number of aromatic nitrogens is 3. The molecule has 3 aromatic heterocycles. The van der Waals surface area contributed by atoms with Gasteiger partial charge in [-0.25, -0.2) is 9.97 Å². The fourth-order valence-electron chi connectivity index (χ4n) is 2.08. The fourth-order valence-corrected chi connectivity index (χ4v) is 3.33. The van der Waals surface area contributed by atoms with Crippen LogP contribution in [0.4, 0.5) is 5.95 Å². The maximum absolute atomic E-state index is 9.52. The third kappa shape index (κ3) is 3.75. The van der Waals surface area contributed by atoms with Crippen LogP contribution in [0.5, 0.6) is 0 Å². The van der Waals surface area contributed by atoms with Crippen LogP contribution < -0.4 is 5.73 Å². The van der Waals surface area contributed by atoms with Gasteiger partial charge in [0.25, 0.3) is 0 Å². The van der Waals surface area contributed by atoms with Crippen molar-refractivity contribution in [3.05, 3.63) is 52.5 Å². The highest BCUT2D eigenvalue weighted by Gasteiger charge is 2.18. The molecule has 0 aromatic carbocycles. The van der Waals surface area contributed by atoms with Crippen molar-refractivity contribution in [2.75, 3.05) is 11.5 Å². The number of rotatable bonds is 5. The van der Waals surface area contributed by atoms with Gasteiger partial charge < -0.3 is 10.2 Å². The Hall–Kier alpha value is -2.37. The minimum Gasteiger partial charge on any atom is -0.461 e. The molecule has 2 N–H and O–H groups in total. The molecule has 0 aliphatic carbocycles. The molecule has 0 aliphatic heterocycles. The first kappa shape index (κ1) is 16.5. The lowest BCUT2D eigenvalue weighted by Gasteiger charge is -2.07. The van der Waals surface area contributed by atoms with Gasteiger partial charge >= 0.3 is 0 Å². The highest BCUT2D eigenvalue weighted by Crippen LogP contribution is 2.31. The van der Waals surface area contributed by atoms with Gasteiger partial charge in [-0.05, 0) is 34.5 Å². The van der Waals surface area contributed by atoms with E-state index < -0.39 is 0 Å². The van der Waals surface area contributed by atoms with E-state index in [1.54, 1.807) is 12.3 Å². The van der Waals surface area contributed by atoms with Gasteiger partial charge in [0, 0.05) is 23.7 Å². The highest BCUT2D eigenvalue weighted by molar-refractivity contribution is 9.10. The Labute approximate surface area is 151 Å². The van der Waals surface area contributed by atoms with Crippen LogP contribution >= 0.6 is 27.7 Å². The first-order valence-corrected chi connectivity index (χ1v) is 8.80. The van der Waals surface area contributed by atoms with Gasteiger partial charge in [-0.15, -0.1) is 11.8 Å². The lowest BCUT2D eigenvalue weighted by atomic mass is 10.2. The number of halogens is 1. The number of nitriles is 1. The zero-order chi connectivity index (χ0) is 16.9. The Morgan fingerprint density at radius 2 is 2.21 bits per heavy atom. The molecule has 24 heavy (non-hydrogen) atoms. The Morgan fingerprint density at radius 3 is 2.88 bits per heavy atom. The van der Waals surface area contributed by atoms with Crippen molar-refractivity contribution >= 4 is 33.6 Å². The number of nitrogens with two attached hydrogens (primary N) is 1. The first-order valence-electron chi connectivity index (χ1n) is 7.02. The molecule has 0 fully saturated rings. The topological polar surface area (TPSA) is 102 Å². The summed E-state index contributed by atoms with van der Waals surface area (Å²) >= 11 is 4.77. The number of nitrogens with zero attached hydrogens (tertiary/aromatic N) is 4. The monoisotopic (exact) mass is 401 g/mol. The van der Waals surface area contributed by atoms with Gasteiger partial charge in [0.1, 0.15) is 28.6 Å². The molecule has 3 aromatic rings. The molecule has 3 rings (SSSR count). The molecule has 0 spiro atoms. The quantitative estimate of drug-likeness (QED) is 0.513. The maximum Gasteiger partial charge on any atom is 0.221 e. The Bertz CT molecular complexity index is 891. The smallest absolute Gasteiger partial charge is 0.221 e. The summed E-state index contributed by atoms with van der Waals surface area (Å²) in [6.07, 6.45) is 4.06. The van der Waals surface area contributed by atoms with Crippen molar-refractivity contribution in [3.8, 4) is 17.5 Å². The SMILES string of the molecule is N#Cc1c(SCCc2ccccn2)nc(N)nc1-c1cc(Br)co1.